The van der Waals surface area contributed by atoms with Crippen molar-refractivity contribution in [2.75, 3.05) is 0 Å². The maximum atomic E-state index is 11.7. The lowest BCUT2D eigenvalue weighted by atomic mass is 10.0. The third kappa shape index (κ3) is 3.98. The van der Waals surface area contributed by atoms with Crippen molar-refractivity contribution in [2.24, 2.45) is 0 Å². The fraction of sp³-hybridized carbons (Fsp3) is 0.429. The van der Waals surface area contributed by atoms with Gasteiger partial charge in [0.25, 0.3) is 0 Å². The van der Waals surface area contributed by atoms with Gasteiger partial charge in [-0.2, -0.15) is 0 Å². The van der Waals surface area contributed by atoms with Gasteiger partial charge in [-0.25, -0.2) is 9.59 Å². The van der Waals surface area contributed by atoms with Crippen molar-refractivity contribution >= 4 is 12.0 Å². The molecule has 5 nitrogen and oxygen atoms in total. The van der Waals surface area contributed by atoms with Crippen molar-refractivity contribution in [3.8, 4) is 0 Å². The summed E-state index contributed by atoms with van der Waals surface area (Å²) in [6.07, 6.45) is 0. The molecule has 0 bridgehead atoms. The number of hydrogen-bond acceptors (Lipinski definition) is 2. The maximum absolute atomic E-state index is 11.7. The highest BCUT2D eigenvalue weighted by atomic mass is 16.4. The molecule has 104 valence electrons. The van der Waals surface area contributed by atoms with E-state index in [1.807, 2.05) is 32.0 Å². The van der Waals surface area contributed by atoms with Crippen LogP contribution < -0.4 is 10.6 Å². The predicted octanol–water partition coefficient (Wildman–Crippen LogP) is 1.97. The maximum Gasteiger partial charge on any atom is 0.328 e. The average molecular weight is 264 g/mol. The molecule has 0 saturated heterocycles. The van der Waals surface area contributed by atoms with Gasteiger partial charge in [0.1, 0.15) is 5.54 Å². The number of nitrogens with one attached hydrogen (secondary N) is 2. The van der Waals surface area contributed by atoms with Gasteiger partial charge in [-0.15, -0.1) is 0 Å². The molecule has 0 unspecified atom stereocenters. The number of urea groups is 1. The largest absolute Gasteiger partial charge is 0.480 e. The van der Waals surface area contributed by atoms with Crippen LogP contribution in [-0.2, 0) is 11.3 Å². The van der Waals surface area contributed by atoms with Crippen LogP contribution in [0.4, 0.5) is 4.79 Å². The lowest BCUT2D eigenvalue weighted by Gasteiger charge is -2.21. The Morgan fingerprint density at radius 1 is 1.21 bits per heavy atom. The lowest BCUT2D eigenvalue weighted by Crippen LogP contribution is -2.53. The van der Waals surface area contributed by atoms with E-state index < -0.39 is 17.5 Å². The predicted molar refractivity (Wildman–Crippen MR) is 73.0 cm³/mol. The first kappa shape index (κ1) is 15.0. The number of carboxylic acid groups (broad SMARTS) is 1. The molecule has 0 atom stereocenters. The van der Waals surface area contributed by atoms with Gasteiger partial charge in [-0.05, 0) is 44.4 Å². The molecule has 0 saturated carbocycles. The summed E-state index contributed by atoms with van der Waals surface area (Å²) < 4.78 is 0. The molecular formula is C14H20N2O3. The van der Waals surface area contributed by atoms with E-state index in [0.717, 1.165) is 16.7 Å². The Hall–Kier alpha value is -2.04. The summed E-state index contributed by atoms with van der Waals surface area (Å²) in [5.74, 6) is -1.07. The molecule has 3 N–H and O–H groups in total. The molecule has 0 spiro atoms. The topological polar surface area (TPSA) is 78.4 Å². The second-order valence-electron chi connectivity index (χ2n) is 5.11. The third-order valence-corrected chi connectivity index (χ3v) is 3.03. The number of carbonyl (C=O) groups excluding carboxylic acids is 1. The van der Waals surface area contributed by atoms with Gasteiger partial charge in [-0.3, -0.25) is 0 Å². The molecular weight excluding hydrogens is 244 g/mol. The minimum atomic E-state index is -1.29. The average Bonchev–Trinajstić information content (AvgIpc) is 2.27. The summed E-state index contributed by atoms with van der Waals surface area (Å²) in [6, 6.07) is 5.42. The molecule has 2 amide bonds. The summed E-state index contributed by atoms with van der Waals surface area (Å²) in [5, 5.41) is 14.0. The number of aryl methyl sites for hydroxylation is 2. The number of carboxylic acids is 1. The van der Waals surface area contributed by atoms with Crippen molar-refractivity contribution in [1.29, 1.82) is 0 Å². The van der Waals surface area contributed by atoms with Crippen molar-refractivity contribution < 1.29 is 14.7 Å². The Balaban J connectivity index is 2.63. The van der Waals surface area contributed by atoms with Gasteiger partial charge < -0.3 is 15.7 Å². The molecule has 0 aliphatic carbocycles. The Kier molecular flexibility index (Phi) is 4.53. The minimum Gasteiger partial charge on any atom is -0.480 e. The van der Waals surface area contributed by atoms with E-state index in [4.69, 9.17) is 5.11 Å². The van der Waals surface area contributed by atoms with Gasteiger partial charge in [0.15, 0.2) is 0 Å². The number of carbonyl (C=O) groups is 2. The van der Waals surface area contributed by atoms with Crippen molar-refractivity contribution in [3.63, 3.8) is 0 Å². The number of aliphatic carboxylic acids is 1. The van der Waals surface area contributed by atoms with Gasteiger partial charge in [0, 0.05) is 6.54 Å². The van der Waals surface area contributed by atoms with Crippen LogP contribution in [0.15, 0.2) is 18.2 Å². The summed E-state index contributed by atoms with van der Waals surface area (Å²) in [4.78, 5) is 22.6. The molecule has 0 aliphatic rings. The Morgan fingerprint density at radius 2 is 1.74 bits per heavy atom. The zero-order valence-corrected chi connectivity index (χ0v) is 11.7. The van der Waals surface area contributed by atoms with Gasteiger partial charge in [0.05, 0.1) is 0 Å². The van der Waals surface area contributed by atoms with E-state index in [9.17, 15) is 9.59 Å². The zero-order valence-electron chi connectivity index (χ0n) is 11.7. The second kappa shape index (κ2) is 5.73. The molecule has 19 heavy (non-hydrogen) atoms. The van der Waals surface area contributed by atoms with Gasteiger partial charge in [0.2, 0.25) is 0 Å². The van der Waals surface area contributed by atoms with E-state index in [1.165, 1.54) is 13.8 Å². The summed E-state index contributed by atoms with van der Waals surface area (Å²) in [5.41, 5.74) is 1.95. The van der Waals surface area contributed by atoms with E-state index in [-0.39, 0.29) is 0 Å². The molecule has 0 radical (unpaired) electrons. The molecule has 1 rings (SSSR count). The van der Waals surface area contributed by atoms with E-state index in [2.05, 4.69) is 10.6 Å². The van der Waals surface area contributed by atoms with E-state index in [0.29, 0.717) is 6.54 Å². The number of amides is 2. The quantitative estimate of drug-likeness (QED) is 0.778. The number of benzene rings is 1. The van der Waals surface area contributed by atoms with Crippen molar-refractivity contribution in [1.82, 2.24) is 10.6 Å². The first-order valence-corrected chi connectivity index (χ1v) is 6.08. The number of hydrogen-bond donors (Lipinski definition) is 3. The van der Waals surface area contributed by atoms with Crippen LogP contribution in [0.1, 0.15) is 30.5 Å². The van der Waals surface area contributed by atoms with Crippen LogP contribution >= 0.6 is 0 Å². The van der Waals surface area contributed by atoms with Crippen LogP contribution in [0.3, 0.4) is 0 Å². The van der Waals surface area contributed by atoms with E-state index >= 15 is 0 Å². The molecule has 0 aliphatic heterocycles. The van der Waals surface area contributed by atoms with Crippen LogP contribution in [0.5, 0.6) is 0 Å². The first-order chi connectivity index (χ1) is 8.74. The van der Waals surface area contributed by atoms with Crippen LogP contribution in [0, 0.1) is 13.8 Å². The van der Waals surface area contributed by atoms with E-state index in [1.54, 1.807) is 0 Å². The highest BCUT2D eigenvalue weighted by molar-refractivity contribution is 5.85. The second-order valence-corrected chi connectivity index (χ2v) is 5.11. The minimum absolute atomic E-state index is 0.375. The third-order valence-electron chi connectivity index (χ3n) is 3.03. The zero-order chi connectivity index (χ0) is 14.6. The highest BCUT2D eigenvalue weighted by Crippen LogP contribution is 2.12. The molecule has 0 fully saturated rings. The van der Waals surface area contributed by atoms with Gasteiger partial charge in [-0.1, -0.05) is 18.2 Å². The normalized spacial score (nSPS) is 10.9. The van der Waals surface area contributed by atoms with Crippen molar-refractivity contribution in [2.45, 2.75) is 39.8 Å². The van der Waals surface area contributed by atoms with Crippen LogP contribution in [-0.4, -0.2) is 22.6 Å². The molecule has 5 heteroatoms. The number of rotatable bonds is 4. The molecule has 0 heterocycles. The van der Waals surface area contributed by atoms with Crippen molar-refractivity contribution in [3.05, 3.63) is 34.9 Å². The smallest absolute Gasteiger partial charge is 0.328 e. The lowest BCUT2D eigenvalue weighted by molar-refractivity contribution is -0.142. The fourth-order valence-corrected chi connectivity index (χ4v) is 1.68. The first-order valence-electron chi connectivity index (χ1n) is 6.08. The van der Waals surface area contributed by atoms with Gasteiger partial charge >= 0.3 is 12.0 Å². The Labute approximate surface area is 113 Å². The summed E-state index contributed by atoms with van der Waals surface area (Å²) in [6.45, 7) is 7.20. The van der Waals surface area contributed by atoms with Crippen LogP contribution in [0.2, 0.25) is 0 Å². The highest BCUT2D eigenvalue weighted by Gasteiger charge is 2.28. The molecule has 0 aromatic heterocycles. The van der Waals surface area contributed by atoms with Crippen LogP contribution in [0.25, 0.3) is 0 Å². The SMILES string of the molecule is Cc1cccc(C)c1CNC(=O)NC(C)(C)C(=O)O. The molecule has 1 aromatic carbocycles. The standard InChI is InChI=1S/C14H20N2O3/c1-9-6-5-7-10(2)11(9)8-15-13(19)16-14(3,4)12(17)18/h5-7H,8H2,1-4H3,(H,17,18)(H2,15,16,19). The summed E-state index contributed by atoms with van der Waals surface area (Å²) in [7, 11) is 0. The Morgan fingerprint density at radius 3 is 2.21 bits per heavy atom. The monoisotopic (exact) mass is 264 g/mol. The molecule has 1 aromatic rings. The summed E-state index contributed by atoms with van der Waals surface area (Å²) >= 11 is 0. The Bertz CT molecular complexity index is 475. The fourth-order valence-electron chi connectivity index (χ4n) is 1.68.